The monoisotopic (exact) mass is 130 g/mol. The van der Waals surface area contributed by atoms with Crippen molar-refractivity contribution in [2.45, 2.75) is 0 Å². The Hall–Kier alpha value is -0.770. The fourth-order valence-corrected chi connectivity index (χ4v) is 0.878. The van der Waals surface area contributed by atoms with E-state index < -0.39 is 0 Å². The van der Waals surface area contributed by atoms with E-state index in [-0.39, 0.29) is 11.1 Å². The summed E-state index contributed by atoms with van der Waals surface area (Å²) in [6.07, 6.45) is 0. The Labute approximate surface area is 50.3 Å². The van der Waals surface area contributed by atoms with Gasteiger partial charge in [-0.25, -0.2) is 4.79 Å². The molecule has 0 atom stereocenters. The van der Waals surface area contributed by atoms with Crippen LogP contribution in [0.5, 0.6) is 0 Å². The van der Waals surface area contributed by atoms with Gasteiger partial charge in [-0.15, -0.1) is 0 Å². The van der Waals surface area contributed by atoms with Gasteiger partial charge in [0.25, 0.3) is 0 Å². The Morgan fingerprint density at radius 2 is 2.50 bits per heavy atom. The molecule has 1 amide bonds. The molecule has 0 saturated heterocycles. The maximum Gasteiger partial charge on any atom is 0.461 e. The van der Waals surface area contributed by atoms with E-state index in [1.54, 1.807) is 0 Å². The number of aliphatic hydroxyl groups excluding tert-OH is 1. The average molecular weight is 130 g/mol. The second-order valence-electron chi connectivity index (χ2n) is 1.29. The van der Waals surface area contributed by atoms with Crippen molar-refractivity contribution in [3.8, 4) is 0 Å². The lowest BCUT2D eigenvalue weighted by atomic mass is 10.8. The molecule has 1 aliphatic heterocycles. The smallest absolute Gasteiger partial charge is 0.459 e. The molecule has 1 rings (SSSR count). The SMILES string of the molecule is C=[N+]1C(=O)SC=C1O. The molecule has 4 heteroatoms. The number of aliphatic hydroxyl groups is 1. The number of hydrogen-bond acceptors (Lipinski definition) is 3. The Balaban J connectivity index is 2.89. The minimum absolute atomic E-state index is 0.0833. The van der Waals surface area contributed by atoms with Crippen LogP contribution in [0.25, 0.3) is 0 Å². The molecule has 0 aromatic heterocycles. The third-order valence-corrected chi connectivity index (χ3v) is 1.51. The zero-order valence-electron chi connectivity index (χ0n) is 4.00. The summed E-state index contributed by atoms with van der Waals surface area (Å²) in [6.45, 7) is 3.24. The van der Waals surface area contributed by atoms with Crippen molar-refractivity contribution in [3.05, 3.63) is 11.3 Å². The molecule has 42 valence electrons. The Bertz CT molecular complexity index is 184. The molecule has 0 spiro atoms. The van der Waals surface area contributed by atoms with Crippen LogP contribution >= 0.6 is 11.8 Å². The molecule has 0 unspecified atom stereocenters. The summed E-state index contributed by atoms with van der Waals surface area (Å²) in [5.41, 5.74) is 0. The molecule has 1 aliphatic rings. The van der Waals surface area contributed by atoms with Gasteiger partial charge in [-0.05, 0) is 0 Å². The van der Waals surface area contributed by atoms with Crippen molar-refractivity contribution in [1.29, 1.82) is 0 Å². The van der Waals surface area contributed by atoms with Crippen molar-refractivity contribution in [2.24, 2.45) is 0 Å². The lowest BCUT2D eigenvalue weighted by Crippen LogP contribution is -2.06. The van der Waals surface area contributed by atoms with Crippen molar-refractivity contribution in [2.75, 3.05) is 0 Å². The maximum absolute atomic E-state index is 10.4. The first-order chi connectivity index (χ1) is 3.72. The van der Waals surface area contributed by atoms with Crippen LogP contribution < -0.4 is 0 Å². The molecule has 0 fully saturated rings. The molecule has 0 radical (unpaired) electrons. The van der Waals surface area contributed by atoms with Crippen LogP contribution in [0.1, 0.15) is 0 Å². The van der Waals surface area contributed by atoms with Crippen LogP contribution in [0.2, 0.25) is 0 Å². The number of amides is 1. The third kappa shape index (κ3) is 0.626. The molecule has 1 N–H and O–H groups in total. The number of rotatable bonds is 0. The highest BCUT2D eigenvalue weighted by Crippen LogP contribution is 2.17. The van der Waals surface area contributed by atoms with Crippen LogP contribution in [0.15, 0.2) is 11.3 Å². The topological polar surface area (TPSA) is 40.3 Å². The van der Waals surface area contributed by atoms with Crippen LogP contribution in [0, 0.1) is 0 Å². The lowest BCUT2D eigenvalue weighted by Gasteiger charge is -1.79. The average Bonchev–Trinajstić information content (AvgIpc) is 1.98. The Kier molecular flexibility index (Phi) is 1.09. The van der Waals surface area contributed by atoms with Gasteiger partial charge in [-0.3, -0.25) is 0 Å². The minimum Gasteiger partial charge on any atom is -0.459 e. The van der Waals surface area contributed by atoms with Gasteiger partial charge in [0.2, 0.25) is 0 Å². The second kappa shape index (κ2) is 1.63. The van der Waals surface area contributed by atoms with Gasteiger partial charge in [0.1, 0.15) is 6.72 Å². The number of nitrogens with zero attached hydrogens (tertiary/aromatic N) is 1. The summed E-state index contributed by atoms with van der Waals surface area (Å²) in [7, 11) is 0. The van der Waals surface area contributed by atoms with Crippen LogP contribution in [-0.2, 0) is 0 Å². The lowest BCUT2D eigenvalue weighted by molar-refractivity contribution is -0.385. The van der Waals surface area contributed by atoms with E-state index in [0.29, 0.717) is 0 Å². The molecule has 0 bridgehead atoms. The standard InChI is InChI=1S/C4H3NO2S/c1-5-3(6)2-8-4(5)7/h2H,1H2/p+1. The number of hydrogen-bond donors (Lipinski definition) is 1. The molecule has 0 aromatic rings. The molecule has 1 heterocycles. The van der Waals surface area contributed by atoms with E-state index in [4.69, 9.17) is 5.11 Å². The normalized spacial score (nSPS) is 19.2. The van der Waals surface area contributed by atoms with Gasteiger partial charge in [-0.2, -0.15) is 0 Å². The highest BCUT2D eigenvalue weighted by atomic mass is 32.2. The summed E-state index contributed by atoms with van der Waals surface area (Å²) in [4.78, 5) is 10.4. The first kappa shape index (κ1) is 5.37. The van der Waals surface area contributed by atoms with Crippen LogP contribution in [0.3, 0.4) is 0 Å². The van der Waals surface area contributed by atoms with Crippen LogP contribution in [-0.4, -0.2) is 21.6 Å². The third-order valence-electron chi connectivity index (χ3n) is 0.762. The molecule has 8 heavy (non-hydrogen) atoms. The zero-order chi connectivity index (χ0) is 6.15. The molecule has 0 saturated carbocycles. The summed E-state index contributed by atoms with van der Waals surface area (Å²) >= 11 is 0.926. The van der Waals surface area contributed by atoms with Gasteiger partial charge >= 0.3 is 11.1 Å². The molecule has 3 nitrogen and oxygen atoms in total. The minimum atomic E-state index is -0.248. The number of carbonyl (C=O) groups excluding carboxylic acids is 1. The predicted molar refractivity (Wildman–Crippen MR) is 31.1 cm³/mol. The molecular weight excluding hydrogens is 126 g/mol. The summed E-state index contributed by atoms with van der Waals surface area (Å²) in [5, 5.41) is 9.75. The van der Waals surface area contributed by atoms with Gasteiger partial charge in [0.15, 0.2) is 0 Å². The van der Waals surface area contributed by atoms with E-state index in [1.165, 1.54) is 5.41 Å². The fraction of sp³-hybridized carbons (Fsp3) is 0. The van der Waals surface area contributed by atoms with E-state index in [9.17, 15) is 4.79 Å². The first-order valence-electron chi connectivity index (χ1n) is 1.92. The zero-order valence-corrected chi connectivity index (χ0v) is 4.81. The molecular formula is C4H4NO2S+. The van der Waals surface area contributed by atoms with Crippen molar-refractivity contribution in [3.63, 3.8) is 0 Å². The predicted octanol–water partition coefficient (Wildman–Crippen LogP) is 0.923. The van der Waals surface area contributed by atoms with Gasteiger partial charge in [0.05, 0.1) is 5.41 Å². The van der Waals surface area contributed by atoms with Crippen LogP contribution in [0.4, 0.5) is 4.79 Å². The Morgan fingerprint density at radius 3 is 2.62 bits per heavy atom. The number of carbonyl (C=O) groups is 1. The van der Waals surface area contributed by atoms with Crippen molar-refractivity contribution >= 4 is 23.7 Å². The van der Waals surface area contributed by atoms with Crippen molar-refractivity contribution in [1.82, 2.24) is 0 Å². The van der Waals surface area contributed by atoms with E-state index in [0.717, 1.165) is 16.3 Å². The second-order valence-corrected chi connectivity index (χ2v) is 2.11. The van der Waals surface area contributed by atoms with E-state index >= 15 is 0 Å². The quantitative estimate of drug-likeness (QED) is 0.496. The molecule has 0 aliphatic carbocycles. The number of thioether (sulfide) groups is 1. The van der Waals surface area contributed by atoms with Gasteiger partial charge in [-0.1, -0.05) is 4.58 Å². The van der Waals surface area contributed by atoms with Gasteiger partial charge < -0.3 is 5.11 Å². The first-order valence-corrected chi connectivity index (χ1v) is 2.80. The maximum atomic E-state index is 10.4. The van der Waals surface area contributed by atoms with Gasteiger partial charge in [0, 0.05) is 11.8 Å². The molecule has 0 aromatic carbocycles. The largest absolute Gasteiger partial charge is 0.461 e. The summed E-state index contributed by atoms with van der Waals surface area (Å²) in [5.74, 6) is -0.0833. The highest BCUT2D eigenvalue weighted by Gasteiger charge is 2.27. The summed E-state index contributed by atoms with van der Waals surface area (Å²) < 4.78 is 0.935. The summed E-state index contributed by atoms with van der Waals surface area (Å²) in [6, 6.07) is 0. The fourth-order valence-electron chi connectivity index (χ4n) is 0.324. The van der Waals surface area contributed by atoms with Crippen molar-refractivity contribution < 1.29 is 14.5 Å². The van der Waals surface area contributed by atoms with E-state index in [2.05, 4.69) is 6.72 Å². The Morgan fingerprint density at radius 1 is 1.88 bits per heavy atom. The highest BCUT2D eigenvalue weighted by molar-refractivity contribution is 8.15. The van der Waals surface area contributed by atoms with E-state index in [1.807, 2.05) is 0 Å².